The van der Waals surface area contributed by atoms with E-state index in [0.29, 0.717) is 16.8 Å². The number of benzene rings is 1. The fourth-order valence-corrected chi connectivity index (χ4v) is 2.04. The lowest BCUT2D eigenvalue weighted by atomic mass is 10.0. The smallest absolute Gasteiger partial charge is 0.342 e. The predicted octanol–water partition coefficient (Wildman–Crippen LogP) is 3.81. The summed E-state index contributed by atoms with van der Waals surface area (Å²) in [5.41, 5.74) is 1.13. The van der Waals surface area contributed by atoms with Crippen LogP contribution in [-0.4, -0.2) is 27.3 Å². The molecule has 6 heteroatoms. The summed E-state index contributed by atoms with van der Waals surface area (Å²) in [6, 6.07) is 7.53. The minimum atomic E-state index is -1.11. The Kier molecular flexibility index (Phi) is 4.80. The van der Waals surface area contributed by atoms with Crippen molar-refractivity contribution in [3.05, 3.63) is 41.6 Å². The van der Waals surface area contributed by atoms with E-state index in [9.17, 15) is 4.79 Å². The number of carbonyl (C=O) groups is 1. The van der Waals surface area contributed by atoms with Crippen molar-refractivity contribution in [3.63, 3.8) is 0 Å². The van der Waals surface area contributed by atoms with Crippen LogP contribution in [0, 0.1) is 0 Å². The van der Waals surface area contributed by atoms with Gasteiger partial charge < -0.3 is 9.84 Å². The second kappa shape index (κ2) is 6.58. The van der Waals surface area contributed by atoms with Gasteiger partial charge in [-0.3, -0.25) is 0 Å². The van der Waals surface area contributed by atoms with Crippen molar-refractivity contribution in [1.82, 2.24) is 9.97 Å². The fourth-order valence-electron chi connectivity index (χ4n) is 1.71. The van der Waals surface area contributed by atoms with Gasteiger partial charge in [-0.15, -0.1) is 0 Å². The monoisotopic (exact) mass is 304 g/mol. The summed E-state index contributed by atoms with van der Waals surface area (Å²) >= 11 is 1.33. The molecule has 1 heterocycles. The van der Waals surface area contributed by atoms with Gasteiger partial charge in [0.25, 0.3) is 0 Å². The lowest BCUT2D eigenvalue weighted by Gasteiger charge is -2.10. The van der Waals surface area contributed by atoms with E-state index in [0.717, 1.165) is 0 Å². The van der Waals surface area contributed by atoms with Gasteiger partial charge in [0.05, 0.1) is 0 Å². The molecule has 5 nitrogen and oxygen atoms in total. The molecular formula is C15H16N2O3S. The third-order valence-electron chi connectivity index (χ3n) is 2.91. The molecule has 1 aromatic carbocycles. The number of carboxylic acids is 1. The van der Waals surface area contributed by atoms with E-state index in [4.69, 9.17) is 9.84 Å². The lowest BCUT2D eigenvalue weighted by molar-refractivity contribution is 0.0692. The van der Waals surface area contributed by atoms with E-state index >= 15 is 0 Å². The van der Waals surface area contributed by atoms with Crippen molar-refractivity contribution < 1.29 is 14.6 Å². The van der Waals surface area contributed by atoms with Gasteiger partial charge in [0.2, 0.25) is 5.88 Å². The number of rotatable bonds is 5. The Hall–Kier alpha value is -2.08. The van der Waals surface area contributed by atoms with Crippen molar-refractivity contribution in [2.45, 2.75) is 24.9 Å². The van der Waals surface area contributed by atoms with Crippen LogP contribution in [0.5, 0.6) is 11.6 Å². The van der Waals surface area contributed by atoms with Gasteiger partial charge in [0.15, 0.2) is 5.16 Å². The summed E-state index contributed by atoms with van der Waals surface area (Å²) in [4.78, 5) is 19.3. The number of aromatic carboxylic acids is 1. The van der Waals surface area contributed by atoms with Crippen molar-refractivity contribution in [1.29, 1.82) is 0 Å². The second-order valence-electron chi connectivity index (χ2n) is 4.71. The van der Waals surface area contributed by atoms with Crippen LogP contribution in [0.4, 0.5) is 0 Å². The van der Waals surface area contributed by atoms with Crippen molar-refractivity contribution in [2.24, 2.45) is 0 Å². The molecule has 1 aromatic heterocycles. The Morgan fingerprint density at radius 1 is 1.29 bits per heavy atom. The minimum absolute atomic E-state index is 0.0548. The molecule has 110 valence electrons. The second-order valence-corrected chi connectivity index (χ2v) is 5.48. The van der Waals surface area contributed by atoms with E-state index in [1.165, 1.54) is 23.5 Å². The number of nitrogens with zero attached hydrogens (tertiary/aromatic N) is 2. The normalized spacial score (nSPS) is 10.7. The van der Waals surface area contributed by atoms with Crippen LogP contribution in [-0.2, 0) is 0 Å². The minimum Gasteiger partial charge on any atom is -0.477 e. The predicted molar refractivity (Wildman–Crippen MR) is 81.4 cm³/mol. The average Bonchev–Trinajstić information content (AvgIpc) is 2.47. The Balaban J connectivity index is 2.31. The number of ether oxygens (including phenoxy) is 1. The first-order chi connectivity index (χ1) is 10.0. The van der Waals surface area contributed by atoms with Gasteiger partial charge in [0, 0.05) is 6.20 Å². The highest BCUT2D eigenvalue weighted by Crippen LogP contribution is 2.26. The van der Waals surface area contributed by atoms with Gasteiger partial charge >= 0.3 is 5.97 Å². The zero-order valence-electron chi connectivity index (χ0n) is 12.0. The Bertz CT molecular complexity index is 642. The molecular weight excluding hydrogens is 288 g/mol. The van der Waals surface area contributed by atoms with E-state index in [1.54, 1.807) is 0 Å². The molecule has 0 atom stereocenters. The average molecular weight is 304 g/mol. The summed E-state index contributed by atoms with van der Waals surface area (Å²) in [5.74, 6) is -0.0842. The molecule has 0 unspecified atom stereocenters. The van der Waals surface area contributed by atoms with Crippen LogP contribution in [0.3, 0.4) is 0 Å². The molecule has 0 saturated carbocycles. The highest BCUT2D eigenvalue weighted by molar-refractivity contribution is 7.98. The summed E-state index contributed by atoms with van der Waals surface area (Å²) in [7, 11) is 0. The summed E-state index contributed by atoms with van der Waals surface area (Å²) < 4.78 is 5.60. The standard InChI is InChI=1S/C15H16N2O3S/c1-9(2)10-4-6-11(7-5-10)20-13-12(14(18)19)8-16-15(17-13)21-3/h4-9H,1-3H3,(H,18,19). The zero-order valence-corrected chi connectivity index (χ0v) is 12.8. The first-order valence-electron chi connectivity index (χ1n) is 6.43. The quantitative estimate of drug-likeness (QED) is 0.669. The molecule has 0 bridgehead atoms. The molecule has 2 aromatic rings. The first-order valence-corrected chi connectivity index (χ1v) is 7.66. The largest absolute Gasteiger partial charge is 0.477 e. The van der Waals surface area contributed by atoms with E-state index in [-0.39, 0.29) is 11.4 Å². The molecule has 0 aliphatic carbocycles. The van der Waals surface area contributed by atoms with E-state index in [1.807, 2.05) is 30.5 Å². The maximum absolute atomic E-state index is 11.2. The Labute approximate surface area is 127 Å². The highest BCUT2D eigenvalue weighted by Gasteiger charge is 2.15. The van der Waals surface area contributed by atoms with Crippen molar-refractivity contribution >= 4 is 17.7 Å². The van der Waals surface area contributed by atoms with Crippen LogP contribution >= 0.6 is 11.8 Å². The Morgan fingerprint density at radius 2 is 1.95 bits per heavy atom. The zero-order chi connectivity index (χ0) is 15.4. The van der Waals surface area contributed by atoms with Crippen LogP contribution in [0.15, 0.2) is 35.6 Å². The SMILES string of the molecule is CSc1ncc(C(=O)O)c(Oc2ccc(C(C)C)cc2)n1. The number of thioether (sulfide) groups is 1. The molecule has 0 aliphatic heterocycles. The molecule has 0 spiro atoms. The molecule has 21 heavy (non-hydrogen) atoms. The summed E-state index contributed by atoms with van der Waals surface area (Å²) in [6.07, 6.45) is 3.08. The maximum Gasteiger partial charge on any atom is 0.342 e. The Morgan fingerprint density at radius 3 is 2.48 bits per heavy atom. The van der Waals surface area contributed by atoms with Gasteiger partial charge in [-0.05, 0) is 29.9 Å². The number of aromatic nitrogens is 2. The molecule has 0 radical (unpaired) electrons. The highest BCUT2D eigenvalue weighted by atomic mass is 32.2. The van der Waals surface area contributed by atoms with Crippen LogP contribution in [0.25, 0.3) is 0 Å². The third-order valence-corrected chi connectivity index (χ3v) is 3.47. The topological polar surface area (TPSA) is 72.3 Å². The summed E-state index contributed by atoms with van der Waals surface area (Å²) in [6.45, 7) is 4.21. The van der Waals surface area contributed by atoms with Crippen LogP contribution in [0.2, 0.25) is 0 Å². The third kappa shape index (κ3) is 3.72. The van der Waals surface area contributed by atoms with Gasteiger partial charge in [-0.1, -0.05) is 37.7 Å². The van der Waals surface area contributed by atoms with Crippen LogP contribution in [0.1, 0.15) is 35.7 Å². The molecule has 0 saturated heterocycles. The summed E-state index contributed by atoms with van der Waals surface area (Å²) in [5, 5.41) is 9.62. The van der Waals surface area contributed by atoms with Gasteiger partial charge in [-0.2, -0.15) is 4.98 Å². The van der Waals surface area contributed by atoms with Gasteiger partial charge in [0.1, 0.15) is 11.3 Å². The molecule has 2 rings (SSSR count). The number of hydrogen-bond acceptors (Lipinski definition) is 5. The van der Waals surface area contributed by atoms with Crippen molar-refractivity contribution in [3.8, 4) is 11.6 Å². The number of hydrogen-bond donors (Lipinski definition) is 1. The first kappa shape index (κ1) is 15.3. The van der Waals surface area contributed by atoms with E-state index in [2.05, 4.69) is 23.8 Å². The van der Waals surface area contributed by atoms with E-state index < -0.39 is 5.97 Å². The van der Waals surface area contributed by atoms with Crippen molar-refractivity contribution in [2.75, 3.05) is 6.26 Å². The van der Waals surface area contributed by atoms with Gasteiger partial charge in [-0.25, -0.2) is 9.78 Å². The lowest BCUT2D eigenvalue weighted by Crippen LogP contribution is -2.04. The fraction of sp³-hybridized carbons (Fsp3) is 0.267. The molecule has 0 fully saturated rings. The van der Waals surface area contributed by atoms with Crippen LogP contribution < -0.4 is 4.74 Å². The molecule has 1 N–H and O–H groups in total. The maximum atomic E-state index is 11.2. The molecule has 0 aliphatic rings. The number of carboxylic acid groups (broad SMARTS) is 1. The molecule has 0 amide bonds.